The van der Waals surface area contributed by atoms with Crippen molar-refractivity contribution in [3.05, 3.63) is 35.9 Å². The highest BCUT2D eigenvalue weighted by atomic mass is 14.1. The van der Waals surface area contributed by atoms with Crippen molar-refractivity contribution < 1.29 is 0 Å². The van der Waals surface area contributed by atoms with Crippen molar-refractivity contribution >= 4 is 0 Å². The molecule has 0 saturated carbocycles. The second kappa shape index (κ2) is 11.3. The molecule has 0 heteroatoms. The van der Waals surface area contributed by atoms with Gasteiger partial charge in [-0.3, -0.25) is 0 Å². The molecule has 1 unspecified atom stereocenters. The van der Waals surface area contributed by atoms with E-state index in [1.54, 1.807) is 0 Å². The molecule has 1 radical (unpaired) electrons. The van der Waals surface area contributed by atoms with Crippen LogP contribution in [0.15, 0.2) is 24.3 Å². The lowest BCUT2D eigenvalue weighted by Crippen LogP contribution is -2.06. The molecule has 0 aliphatic carbocycles. The van der Waals surface area contributed by atoms with E-state index in [9.17, 15) is 0 Å². The summed E-state index contributed by atoms with van der Waals surface area (Å²) in [5.74, 6) is 1.54. The van der Waals surface area contributed by atoms with Gasteiger partial charge in [-0.2, -0.15) is 0 Å². The summed E-state index contributed by atoms with van der Waals surface area (Å²) in [5.41, 5.74) is 1.43. The predicted molar refractivity (Wildman–Crippen MR) is 82.8 cm³/mol. The summed E-state index contributed by atoms with van der Waals surface area (Å²) in [6, 6.07) is 11.3. The van der Waals surface area contributed by atoms with Gasteiger partial charge in [0.15, 0.2) is 0 Å². The zero-order valence-electron chi connectivity index (χ0n) is 13.0. The van der Waals surface area contributed by atoms with E-state index < -0.39 is 0 Å². The summed E-state index contributed by atoms with van der Waals surface area (Å²) >= 11 is 0. The van der Waals surface area contributed by atoms with Crippen molar-refractivity contribution in [1.29, 1.82) is 0 Å². The highest BCUT2D eigenvalue weighted by Gasteiger charge is 2.06. The molecule has 1 aromatic rings. The van der Waals surface area contributed by atoms with Gasteiger partial charge < -0.3 is 0 Å². The van der Waals surface area contributed by atoms with Gasteiger partial charge in [-0.1, -0.05) is 84.6 Å². The number of hydrogen-bond donors (Lipinski definition) is 0. The standard InChI is InChI=1S/C12H17.C6H14/c1-10(2)11(3)9-12-7-5-4-6-8-12;1-3-5-6-4-2/h5-8,10-11H,9H2,1-3H3;3-6H2,1-2H3. The van der Waals surface area contributed by atoms with Crippen molar-refractivity contribution in [2.45, 2.75) is 66.7 Å². The third kappa shape index (κ3) is 9.27. The maximum atomic E-state index is 3.04. The minimum Gasteiger partial charge on any atom is -0.0654 e. The molecule has 0 bridgehead atoms. The first kappa shape index (κ1) is 17.2. The molecular weight excluding hydrogens is 216 g/mol. The lowest BCUT2D eigenvalue weighted by molar-refractivity contribution is 0.417. The molecule has 1 rings (SSSR count). The Hall–Kier alpha value is -0.780. The molecule has 0 saturated heterocycles. The highest BCUT2D eigenvalue weighted by Crippen LogP contribution is 2.15. The zero-order valence-corrected chi connectivity index (χ0v) is 13.0. The summed E-state index contributed by atoms with van der Waals surface area (Å²) in [6.45, 7) is 11.3. The van der Waals surface area contributed by atoms with E-state index in [0.29, 0.717) is 0 Å². The van der Waals surface area contributed by atoms with Crippen LogP contribution >= 0.6 is 0 Å². The Morgan fingerprint density at radius 3 is 1.83 bits per heavy atom. The van der Waals surface area contributed by atoms with Crippen LogP contribution in [0.5, 0.6) is 0 Å². The molecule has 18 heavy (non-hydrogen) atoms. The second-order valence-corrected chi connectivity index (χ2v) is 5.54. The molecule has 1 atom stereocenters. The molecule has 1 aromatic carbocycles. The molecule has 0 aliphatic heterocycles. The first-order valence-electron chi connectivity index (χ1n) is 7.56. The minimum absolute atomic E-state index is 0.771. The van der Waals surface area contributed by atoms with Gasteiger partial charge in [0.1, 0.15) is 0 Å². The third-order valence-electron chi connectivity index (χ3n) is 3.44. The maximum absolute atomic E-state index is 3.04. The number of unbranched alkanes of at least 4 members (excludes halogenated alkanes) is 3. The fourth-order valence-corrected chi connectivity index (χ4v) is 1.66. The van der Waals surface area contributed by atoms with Crippen molar-refractivity contribution in [3.63, 3.8) is 0 Å². The molecular formula is C18H31. The van der Waals surface area contributed by atoms with Gasteiger partial charge in [0.05, 0.1) is 0 Å². The van der Waals surface area contributed by atoms with Gasteiger partial charge in [0.25, 0.3) is 0 Å². The second-order valence-electron chi connectivity index (χ2n) is 5.54. The van der Waals surface area contributed by atoms with E-state index in [1.165, 1.54) is 37.7 Å². The largest absolute Gasteiger partial charge is 0.0654 e. The summed E-state index contributed by atoms with van der Waals surface area (Å²) in [7, 11) is 0. The fourth-order valence-electron chi connectivity index (χ4n) is 1.66. The number of hydrogen-bond acceptors (Lipinski definition) is 0. The van der Waals surface area contributed by atoms with Crippen LogP contribution < -0.4 is 0 Å². The van der Waals surface area contributed by atoms with Gasteiger partial charge >= 0.3 is 0 Å². The predicted octanol–water partition coefficient (Wildman–Crippen LogP) is 5.91. The van der Waals surface area contributed by atoms with E-state index in [2.05, 4.69) is 52.8 Å². The van der Waals surface area contributed by atoms with Crippen LogP contribution in [0.25, 0.3) is 0 Å². The first-order chi connectivity index (χ1) is 8.61. The molecule has 0 aliphatic rings. The lowest BCUT2D eigenvalue weighted by atomic mass is 9.91. The molecule has 0 aromatic heterocycles. The van der Waals surface area contributed by atoms with Crippen LogP contribution in [0.1, 0.15) is 65.9 Å². The zero-order chi connectivity index (χ0) is 13.8. The Bertz CT molecular complexity index is 257. The van der Waals surface area contributed by atoms with E-state index >= 15 is 0 Å². The van der Waals surface area contributed by atoms with Gasteiger partial charge in [-0.05, 0) is 29.9 Å². The Morgan fingerprint density at radius 2 is 1.44 bits per heavy atom. The average molecular weight is 247 g/mol. The first-order valence-corrected chi connectivity index (χ1v) is 7.56. The molecule has 0 N–H and O–H groups in total. The summed E-state index contributed by atoms with van der Waals surface area (Å²) in [6.07, 6.45) is 6.72. The van der Waals surface area contributed by atoms with E-state index in [1.807, 2.05) is 12.1 Å². The average Bonchev–Trinajstić information content (AvgIpc) is 2.38. The van der Waals surface area contributed by atoms with Crippen molar-refractivity contribution in [2.75, 3.05) is 0 Å². The van der Waals surface area contributed by atoms with Crippen LogP contribution in [0.3, 0.4) is 0 Å². The monoisotopic (exact) mass is 247 g/mol. The summed E-state index contributed by atoms with van der Waals surface area (Å²) < 4.78 is 0. The Kier molecular flexibility index (Phi) is 10.8. The smallest absolute Gasteiger partial charge is 0.0184 e. The van der Waals surface area contributed by atoms with Gasteiger partial charge in [-0.25, -0.2) is 0 Å². The van der Waals surface area contributed by atoms with Crippen molar-refractivity contribution in [3.8, 4) is 0 Å². The van der Waals surface area contributed by atoms with Crippen LogP contribution in [0.2, 0.25) is 0 Å². The fraction of sp³-hybridized carbons (Fsp3) is 0.667. The number of benzene rings is 1. The lowest BCUT2D eigenvalue weighted by Gasteiger charge is -2.14. The molecule has 0 amide bonds. The van der Waals surface area contributed by atoms with Crippen LogP contribution in [-0.2, 0) is 6.42 Å². The Morgan fingerprint density at radius 1 is 0.944 bits per heavy atom. The van der Waals surface area contributed by atoms with Crippen LogP contribution in [0, 0.1) is 17.9 Å². The highest BCUT2D eigenvalue weighted by molar-refractivity contribution is 5.14. The molecule has 0 heterocycles. The molecule has 103 valence electrons. The molecule has 0 nitrogen and oxygen atoms in total. The molecule has 0 spiro atoms. The van der Waals surface area contributed by atoms with Gasteiger partial charge in [-0.15, -0.1) is 0 Å². The Labute approximate surface area is 115 Å². The normalized spacial score (nSPS) is 11.9. The topological polar surface area (TPSA) is 0 Å². The van der Waals surface area contributed by atoms with Crippen LogP contribution in [0.4, 0.5) is 0 Å². The van der Waals surface area contributed by atoms with Gasteiger partial charge in [0.2, 0.25) is 0 Å². The summed E-state index contributed by atoms with van der Waals surface area (Å²) in [4.78, 5) is 0. The SMILES string of the molecule is CC(C)C(C)Cc1cc[c]cc1.CCCCCC. The quantitative estimate of drug-likeness (QED) is 0.548. The number of rotatable bonds is 6. The van der Waals surface area contributed by atoms with Crippen molar-refractivity contribution in [2.24, 2.45) is 11.8 Å². The van der Waals surface area contributed by atoms with E-state index in [-0.39, 0.29) is 0 Å². The Balaban J connectivity index is 0.000000411. The van der Waals surface area contributed by atoms with E-state index in [0.717, 1.165) is 11.8 Å². The van der Waals surface area contributed by atoms with E-state index in [4.69, 9.17) is 0 Å². The van der Waals surface area contributed by atoms with Crippen LogP contribution in [-0.4, -0.2) is 0 Å². The maximum Gasteiger partial charge on any atom is -0.0184 e. The van der Waals surface area contributed by atoms with Gasteiger partial charge in [0, 0.05) is 0 Å². The molecule has 0 fully saturated rings. The third-order valence-corrected chi connectivity index (χ3v) is 3.44. The minimum atomic E-state index is 0.771. The summed E-state index contributed by atoms with van der Waals surface area (Å²) in [5, 5.41) is 0. The van der Waals surface area contributed by atoms with Crippen molar-refractivity contribution in [1.82, 2.24) is 0 Å².